The van der Waals surface area contributed by atoms with Crippen molar-refractivity contribution in [1.82, 2.24) is 5.16 Å². The summed E-state index contributed by atoms with van der Waals surface area (Å²) in [4.78, 5) is 10.2. The molecule has 0 aliphatic rings. The molecule has 2 aromatic rings. The van der Waals surface area contributed by atoms with Crippen molar-refractivity contribution in [1.29, 1.82) is 0 Å². The molecule has 20 heavy (non-hydrogen) atoms. The molecule has 1 aromatic heterocycles. The van der Waals surface area contributed by atoms with Gasteiger partial charge in [0.05, 0.1) is 12.3 Å². The summed E-state index contributed by atoms with van der Waals surface area (Å²) in [5, 5.41) is 7.20. The third-order valence-electron chi connectivity index (χ3n) is 3.15. The Kier molecular flexibility index (Phi) is 4.40. The molecule has 0 unspecified atom stereocenters. The lowest BCUT2D eigenvalue weighted by atomic mass is 10.1. The summed E-state index contributed by atoms with van der Waals surface area (Å²) >= 11 is 0. The number of nitrogens with zero attached hydrogens (tertiary/aromatic N) is 1. The van der Waals surface area contributed by atoms with Gasteiger partial charge < -0.3 is 14.6 Å². The summed E-state index contributed by atoms with van der Waals surface area (Å²) in [6.45, 7) is 6.71. The molecule has 0 atom stereocenters. The first kappa shape index (κ1) is 14.1. The van der Waals surface area contributed by atoms with Crippen LogP contribution in [0.2, 0.25) is 0 Å². The zero-order valence-electron chi connectivity index (χ0n) is 11.9. The fraction of sp³-hybridized carbons (Fsp3) is 0.333. The number of carbonyl (C=O) groups excluding carboxylic acids is 1. The Morgan fingerprint density at radius 3 is 2.85 bits per heavy atom. The predicted molar refractivity (Wildman–Crippen MR) is 76.2 cm³/mol. The van der Waals surface area contributed by atoms with E-state index < -0.39 is 0 Å². The van der Waals surface area contributed by atoms with E-state index in [2.05, 4.69) is 23.5 Å². The molecule has 0 saturated carbocycles. The smallest absolute Gasteiger partial charge is 0.293 e. The second kappa shape index (κ2) is 6.23. The van der Waals surface area contributed by atoms with Gasteiger partial charge in [0.25, 0.3) is 6.47 Å². The number of nitrogens with one attached hydrogen (secondary N) is 1. The van der Waals surface area contributed by atoms with E-state index in [-0.39, 0.29) is 0 Å². The summed E-state index contributed by atoms with van der Waals surface area (Å²) in [5.74, 6) is 0.601. The Balaban J connectivity index is 2.18. The molecule has 0 amide bonds. The molecule has 0 radical (unpaired) electrons. The molecule has 5 nitrogen and oxygen atoms in total. The maximum Gasteiger partial charge on any atom is 0.293 e. The molecule has 5 heteroatoms. The van der Waals surface area contributed by atoms with E-state index in [4.69, 9.17) is 9.26 Å². The highest BCUT2D eigenvalue weighted by Gasteiger charge is 2.14. The fourth-order valence-electron chi connectivity index (χ4n) is 2.07. The van der Waals surface area contributed by atoms with Crippen LogP contribution >= 0.6 is 0 Å². The van der Waals surface area contributed by atoms with Crippen molar-refractivity contribution in [2.75, 3.05) is 11.9 Å². The van der Waals surface area contributed by atoms with Gasteiger partial charge in [-0.2, -0.15) is 0 Å². The SMILES string of the molecule is Cc1ccc(Nc2onc(C)c2CCOC=O)c(C)c1. The Morgan fingerprint density at radius 1 is 1.35 bits per heavy atom. The van der Waals surface area contributed by atoms with E-state index >= 15 is 0 Å². The molecule has 0 spiro atoms. The second-order valence-electron chi connectivity index (χ2n) is 4.74. The van der Waals surface area contributed by atoms with E-state index in [1.807, 2.05) is 26.0 Å². The summed E-state index contributed by atoms with van der Waals surface area (Å²) in [6.07, 6.45) is 0.571. The van der Waals surface area contributed by atoms with Gasteiger partial charge >= 0.3 is 0 Å². The zero-order chi connectivity index (χ0) is 14.5. The number of anilines is 2. The molecule has 1 aromatic carbocycles. The first-order valence-electron chi connectivity index (χ1n) is 6.46. The van der Waals surface area contributed by atoms with Crippen molar-refractivity contribution < 1.29 is 14.1 Å². The van der Waals surface area contributed by atoms with E-state index in [1.54, 1.807) is 0 Å². The lowest BCUT2D eigenvalue weighted by molar-refractivity contribution is -0.128. The van der Waals surface area contributed by atoms with Crippen LogP contribution in [-0.4, -0.2) is 18.2 Å². The number of aromatic nitrogens is 1. The van der Waals surface area contributed by atoms with Crippen LogP contribution in [0.1, 0.15) is 22.4 Å². The molecular weight excluding hydrogens is 256 g/mol. The molecular formula is C15H18N2O3. The average Bonchev–Trinajstić information content (AvgIpc) is 2.75. The van der Waals surface area contributed by atoms with Gasteiger partial charge in [-0.05, 0) is 32.4 Å². The van der Waals surface area contributed by atoms with Crippen molar-refractivity contribution in [3.05, 3.63) is 40.6 Å². The molecule has 0 saturated heterocycles. The quantitative estimate of drug-likeness (QED) is 0.648. The van der Waals surface area contributed by atoms with Crippen molar-refractivity contribution in [3.63, 3.8) is 0 Å². The normalized spacial score (nSPS) is 10.3. The minimum absolute atomic E-state index is 0.313. The van der Waals surface area contributed by atoms with Crippen molar-refractivity contribution >= 4 is 18.0 Å². The third-order valence-corrected chi connectivity index (χ3v) is 3.15. The lowest BCUT2D eigenvalue weighted by Crippen LogP contribution is -2.01. The number of carbonyl (C=O) groups is 1. The number of hydrogen-bond acceptors (Lipinski definition) is 5. The standard InChI is InChI=1S/C15H18N2O3/c1-10-4-5-14(11(2)8-10)16-15-13(6-7-19-9-18)12(3)17-20-15/h4-5,8-9,16H,6-7H2,1-3H3. The summed E-state index contributed by atoms with van der Waals surface area (Å²) in [7, 11) is 0. The maximum absolute atomic E-state index is 10.2. The van der Waals surface area contributed by atoms with Gasteiger partial charge in [0.15, 0.2) is 0 Å². The fourth-order valence-corrected chi connectivity index (χ4v) is 2.07. The van der Waals surface area contributed by atoms with Crippen molar-refractivity contribution in [2.24, 2.45) is 0 Å². The summed E-state index contributed by atoms with van der Waals surface area (Å²) in [5.41, 5.74) is 5.04. The monoisotopic (exact) mass is 274 g/mol. The van der Waals surface area contributed by atoms with Crippen LogP contribution < -0.4 is 5.32 Å². The summed E-state index contributed by atoms with van der Waals surface area (Å²) < 4.78 is 10.0. The van der Waals surface area contributed by atoms with E-state index in [0.717, 1.165) is 22.5 Å². The highest BCUT2D eigenvalue weighted by atomic mass is 16.5. The van der Waals surface area contributed by atoms with Crippen LogP contribution in [0.4, 0.5) is 11.6 Å². The average molecular weight is 274 g/mol. The Morgan fingerprint density at radius 2 is 2.15 bits per heavy atom. The molecule has 106 valence electrons. The number of ether oxygens (including phenoxy) is 1. The van der Waals surface area contributed by atoms with E-state index in [9.17, 15) is 4.79 Å². The minimum atomic E-state index is 0.313. The molecule has 2 rings (SSSR count). The van der Waals surface area contributed by atoms with Gasteiger partial charge in [-0.3, -0.25) is 4.79 Å². The van der Waals surface area contributed by atoms with E-state index in [1.165, 1.54) is 5.56 Å². The van der Waals surface area contributed by atoms with Gasteiger partial charge in [-0.1, -0.05) is 22.9 Å². The van der Waals surface area contributed by atoms with Crippen LogP contribution in [0, 0.1) is 20.8 Å². The third kappa shape index (κ3) is 3.17. The molecule has 0 bridgehead atoms. The number of aryl methyl sites for hydroxylation is 3. The van der Waals surface area contributed by atoms with Crippen molar-refractivity contribution in [2.45, 2.75) is 27.2 Å². The Labute approximate surface area is 117 Å². The van der Waals surface area contributed by atoms with Crippen LogP contribution in [0.15, 0.2) is 22.7 Å². The molecule has 0 aliphatic carbocycles. The Hall–Kier alpha value is -2.30. The summed E-state index contributed by atoms with van der Waals surface area (Å²) in [6, 6.07) is 6.14. The highest BCUT2D eigenvalue weighted by Crippen LogP contribution is 2.26. The molecule has 1 N–H and O–H groups in total. The second-order valence-corrected chi connectivity index (χ2v) is 4.74. The minimum Gasteiger partial charge on any atom is -0.468 e. The lowest BCUT2D eigenvalue weighted by Gasteiger charge is -2.09. The molecule has 0 fully saturated rings. The first-order valence-corrected chi connectivity index (χ1v) is 6.46. The number of benzene rings is 1. The van der Waals surface area contributed by atoms with Crippen LogP contribution in [0.5, 0.6) is 0 Å². The van der Waals surface area contributed by atoms with Crippen molar-refractivity contribution in [3.8, 4) is 0 Å². The zero-order valence-corrected chi connectivity index (χ0v) is 11.9. The maximum atomic E-state index is 10.2. The number of rotatable bonds is 6. The van der Waals surface area contributed by atoms with Gasteiger partial charge in [-0.25, -0.2) is 0 Å². The van der Waals surface area contributed by atoms with Crippen LogP contribution in [0.25, 0.3) is 0 Å². The van der Waals surface area contributed by atoms with Gasteiger partial charge in [0, 0.05) is 17.7 Å². The first-order chi connectivity index (χ1) is 9.61. The van der Waals surface area contributed by atoms with Crippen LogP contribution in [-0.2, 0) is 16.0 Å². The van der Waals surface area contributed by atoms with Gasteiger partial charge in [0.1, 0.15) is 0 Å². The van der Waals surface area contributed by atoms with Gasteiger partial charge in [0.2, 0.25) is 5.88 Å². The van der Waals surface area contributed by atoms with Crippen LogP contribution in [0.3, 0.4) is 0 Å². The molecule has 0 aliphatic heterocycles. The van der Waals surface area contributed by atoms with Gasteiger partial charge in [-0.15, -0.1) is 0 Å². The predicted octanol–water partition coefficient (Wildman–Crippen LogP) is 3.06. The van der Waals surface area contributed by atoms with E-state index in [0.29, 0.717) is 25.4 Å². The molecule has 1 heterocycles. The highest BCUT2D eigenvalue weighted by molar-refractivity contribution is 5.62. The Bertz CT molecular complexity index is 605. The number of hydrogen-bond donors (Lipinski definition) is 1. The largest absolute Gasteiger partial charge is 0.468 e. The topological polar surface area (TPSA) is 64.4 Å².